The van der Waals surface area contributed by atoms with Crippen LogP contribution in [0, 0.1) is 5.92 Å². The highest BCUT2D eigenvalue weighted by atomic mass is 19.3. The first-order valence-corrected chi connectivity index (χ1v) is 13.4. The maximum absolute atomic E-state index is 15.1. The normalized spacial score (nSPS) is 21.1. The summed E-state index contributed by atoms with van der Waals surface area (Å²) in [6.45, 7) is 1.43. The van der Waals surface area contributed by atoms with Gasteiger partial charge in [0.05, 0.1) is 0 Å². The Morgan fingerprint density at radius 1 is 1.19 bits per heavy atom. The number of nitrogens with one attached hydrogen (secondary N) is 1. The monoisotopic (exact) mass is 498 g/mol. The Balaban J connectivity index is 1.11. The number of carbonyl (C=O) groups is 1. The smallest absolute Gasteiger partial charge is 0.325 e. The molecule has 3 aliphatic rings. The highest BCUT2D eigenvalue weighted by Crippen LogP contribution is 2.45. The zero-order chi connectivity index (χ0) is 25.1. The van der Waals surface area contributed by atoms with Crippen LogP contribution in [0.4, 0.5) is 14.6 Å². The number of nitrogens with zero attached hydrogens (tertiary/aromatic N) is 3. The van der Waals surface area contributed by atoms with Crippen molar-refractivity contribution in [1.29, 1.82) is 0 Å². The molecule has 1 saturated carbocycles. The van der Waals surface area contributed by atoms with Gasteiger partial charge in [-0.3, -0.25) is 14.7 Å². The maximum Gasteiger partial charge on any atom is 0.325 e. The summed E-state index contributed by atoms with van der Waals surface area (Å²) in [7, 11) is 0. The van der Waals surface area contributed by atoms with E-state index < -0.39 is 23.9 Å². The summed E-state index contributed by atoms with van der Waals surface area (Å²) in [5.41, 5.74) is 3.95. The molecule has 2 aromatic rings. The van der Waals surface area contributed by atoms with Crippen molar-refractivity contribution in [2.24, 2.45) is 5.92 Å². The number of rotatable bonds is 11. The third-order valence-corrected chi connectivity index (χ3v) is 8.01. The van der Waals surface area contributed by atoms with Gasteiger partial charge in [0.1, 0.15) is 11.9 Å². The molecule has 8 heteroatoms. The van der Waals surface area contributed by atoms with Crippen LogP contribution >= 0.6 is 0 Å². The number of aliphatic carboxylic acids is 1. The summed E-state index contributed by atoms with van der Waals surface area (Å²) in [6.07, 6.45) is 10.6. The second kappa shape index (κ2) is 10.8. The third kappa shape index (κ3) is 5.69. The van der Waals surface area contributed by atoms with E-state index in [0.717, 1.165) is 68.6 Å². The molecular weight excluding hydrogens is 462 g/mol. The van der Waals surface area contributed by atoms with Crippen LogP contribution in [-0.2, 0) is 17.6 Å². The average molecular weight is 499 g/mol. The molecule has 0 aromatic carbocycles. The molecule has 2 aromatic heterocycles. The number of aryl methyl sites for hydroxylation is 2. The van der Waals surface area contributed by atoms with Crippen LogP contribution < -0.4 is 5.32 Å². The molecule has 0 amide bonds. The molecule has 4 heterocycles. The van der Waals surface area contributed by atoms with Crippen molar-refractivity contribution < 1.29 is 18.7 Å². The summed E-state index contributed by atoms with van der Waals surface area (Å²) in [5, 5.41) is 13.3. The number of pyridine rings is 2. The summed E-state index contributed by atoms with van der Waals surface area (Å²) in [4.78, 5) is 22.8. The SMILES string of the molecule is O=C(O)[C@@H](c1cnccc1C1CC1)N1CCC(C(F)(F)CCCCCc2ccc3c(n2)NCCC3)C1. The second-order valence-electron chi connectivity index (χ2n) is 10.7. The fourth-order valence-corrected chi connectivity index (χ4v) is 5.82. The zero-order valence-corrected chi connectivity index (χ0v) is 20.8. The molecule has 36 heavy (non-hydrogen) atoms. The topological polar surface area (TPSA) is 78.3 Å². The minimum atomic E-state index is -2.79. The van der Waals surface area contributed by atoms with E-state index in [1.807, 2.05) is 6.07 Å². The lowest BCUT2D eigenvalue weighted by molar-refractivity contribution is -0.143. The van der Waals surface area contributed by atoms with Gasteiger partial charge in [0.2, 0.25) is 0 Å². The molecule has 2 aliphatic heterocycles. The Morgan fingerprint density at radius 3 is 2.86 bits per heavy atom. The van der Waals surface area contributed by atoms with E-state index in [1.54, 1.807) is 17.3 Å². The maximum atomic E-state index is 15.1. The molecule has 0 spiro atoms. The van der Waals surface area contributed by atoms with Crippen LogP contribution in [0.15, 0.2) is 30.6 Å². The van der Waals surface area contributed by atoms with E-state index >= 15 is 8.78 Å². The van der Waals surface area contributed by atoms with E-state index in [9.17, 15) is 9.90 Å². The van der Waals surface area contributed by atoms with E-state index in [4.69, 9.17) is 4.98 Å². The van der Waals surface area contributed by atoms with Crippen LogP contribution in [0.3, 0.4) is 0 Å². The molecule has 1 unspecified atom stereocenters. The molecule has 0 bridgehead atoms. The fourth-order valence-electron chi connectivity index (χ4n) is 5.82. The third-order valence-electron chi connectivity index (χ3n) is 8.01. The summed E-state index contributed by atoms with van der Waals surface area (Å²) in [6, 6.07) is 5.17. The van der Waals surface area contributed by atoms with Crippen LogP contribution in [0.2, 0.25) is 0 Å². The lowest BCUT2D eigenvalue weighted by Gasteiger charge is -2.28. The first-order chi connectivity index (χ1) is 17.4. The number of carboxylic acid groups (broad SMARTS) is 1. The number of hydrogen-bond acceptors (Lipinski definition) is 5. The van der Waals surface area contributed by atoms with Crippen molar-refractivity contribution in [3.05, 3.63) is 53.0 Å². The first kappa shape index (κ1) is 25.1. The number of halogens is 2. The van der Waals surface area contributed by atoms with Crippen molar-refractivity contribution in [2.75, 3.05) is 25.0 Å². The molecule has 2 atom stereocenters. The predicted molar refractivity (Wildman–Crippen MR) is 134 cm³/mol. The molecule has 1 saturated heterocycles. The Labute approximate surface area is 211 Å². The zero-order valence-electron chi connectivity index (χ0n) is 20.8. The van der Waals surface area contributed by atoms with Gasteiger partial charge in [-0.05, 0) is 87.1 Å². The van der Waals surface area contributed by atoms with Crippen LogP contribution in [0.25, 0.3) is 0 Å². The van der Waals surface area contributed by atoms with Gasteiger partial charge < -0.3 is 10.4 Å². The van der Waals surface area contributed by atoms with E-state index in [0.29, 0.717) is 30.9 Å². The van der Waals surface area contributed by atoms with Crippen LogP contribution in [0.1, 0.15) is 85.7 Å². The average Bonchev–Trinajstić information content (AvgIpc) is 3.60. The first-order valence-electron chi connectivity index (χ1n) is 13.4. The summed E-state index contributed by atoms with van der Waals surface area (Å²) < 4.78 is 30.2. The highest BCUT2D eigenvalue weighted by molar-refractivity contribution is 5.76. The van der Waals surface area contributed by atoms with E-state index in [2.05, 4.69) is 22.4 Å². The Kier molecular flexibility index (Phi) is 7.51. The number of unbranched alkanes of at least 4 members (excludes halogenated alkanes) is 2. The van der Waals surface area contributed by atoms with Crippen molar-refractivity contribution in [3.8, 4) is 0 Å². The number of fused-ring (bicyclic) bond motifs is 1. The predicted octanol–water partition coefficient (Wildman–Crippen LogP) is 5.60. The van der Waals surface area contributed by atoms with Gasteiger partial charge in [0, 0.05) is 49.1 Å². The van der Waals surface area contributed by atoms with Gasteiger partial charge >= 0.3 is 5.97 Å². The van der Waals surface area contributed by atoms with Crippen LogP contribution in [-0.4, -0.2) is 51.5 Å². The van der Waals surface area contributed by atoms with Gasteiger partial charge in [-0.25, -0.2) is 13.8 Å². The van der Waals surface area contributed by atoms with Gasteiger partial charge in [0.25, 0.3) is 5.92 Å². The van der Waals surface area contributed by atoms with Crippen molar-refractivity contribution in [3.63, 3.8) is 0 Å². The van der Waals surface area contributed by atoms with Gasteiger partial charge in [-0.15, -0.1) is 0 Å². The molecule has 0 radical (unpaired) electrons. The number of hydrogen-bond donors (Lipinski definition) is 2. The molecule has 6 nitrogen and oxygen atoms in total. The number of likely N-dealkylation sites (tertiary alicyclic amines) is 1. The van der Waals surface area contributed by atoms with Crippen molar-refractivity contribution in [1.82, 2.24) is 14.9 Å². The molecule has 2 N–H and O–H groups in total. The van der Waals surface area contributed by atoms with Gasteiger partial charge in [-0.1, -0.05) is 12.5 Å². The molecule has 5 rings (SSSR count). The van der Waals surface area contributed by atoms with E-state index in [-0.39, 0.29) is 13.0 Å². The number of alkyl halides is 2. The minimum Gasteiger partial charge on any atom is -0.480 e. The van der Waals surface area contributed by atoms with Crippen molar-refractivity contribution >= 4 is 11.8 Å². The highest BCUT2D eigenvalue weighted by Gasteiger charge is 2.46. The second-order valence-corrected chi connectivity index (χ2v) is 10.7. The fraction of sp³-hybridized carbons (Fsp3) is 0.607. The van der Waals surface area contributed by atoms with Gasteiger partial charge in [-0.2, -0.15) is 0 Å². The van der Waals surface area contributed by atoms with Crippen LogP contribution in [0.5, 0.6) is 0 Å². The van der Waals surface area contributed by atoms with E-state index in [1.165, 1.54) is 5.56 Å². The summed E-state index contributed by atoms with van der Waals surface area (Å²) in [5.74, 6) is -3.24. The lowest BCUT2D eigenvalue weighted by Crippen LogP contribution is -2.36. The summed E-state index contributed by atoms with van der Waals surface area (Å²) >= 11 is 0. The quantitative estimate of drug-likeness (QED) is 0.393. The molecule has 2 fully saturated rings. The largest absolute Gasteiger partial charge is 0.480 e. The van der Waals surface area contributed by atoms with Crippen molar-refractivity contribution in [2.45, 2.75) is 82.1 Å². The Morgan fingerprint density at radius 2 is 2.06 bits per heavy atom. The lowest BCUT2D eigenvalue weighted by atomic mass is 9.94. The molecular formula is C28H36F2N4O2. The molecule has 194 valence electrons. The Bertz CT molecular complexity index is 1080. The standard InChI is InChI=1S/C28H36F2N4O2/c29-28(30,13-3-1-2-6-22-10-9-20-5-4-14-32-26(20)33-22)21-12-16-34(18-21)25(27(35)36)24-17-31-15-11-23(24)19-7-8-19/h9-11,15,17,19,21,25H,1-8,12-14,16,18H2,(H,32,33)(H,35,36)/t21?,25-/m1/s1. The minimum absolute atomic E-state index is 0.106. The number of anilines is 1. The molecule has 1 aliphatic carbocycles. The Hall–Kier alpha value is -2.61. The number of aromatic nitrogens is 2. The van der Waals surface area contributed by atoms with Gasteiger partial charge in [0.15, 0.2) is 0 Å². The number of carboxylic acids is 1.